The Morgan fingerprint density at radius 2 is 2.12 bits per heavy atom. The summed E-state index contributed by atoms with van der Waals surface area (Å²) in [5.74, 6) is -0.520. The smallest absolute Gasteiger partial charge is 0.269 e. The molecule has 4 nitrogen and oxygen atoms in total. The van der Waals surface area contributed by atoms with E-state index in [-0.39, 0.29) is 5.69 Å². The number of para-hydroxylation sites is 1. The van der Waals surface area contributed by atoms with E-state index in [1.165, 1.54) is 0 Å². The van der Waals surface area contributed by atoms with Crippen LogP contribution in [0.3, 0.4) is 0 Å². The van der Waals surface area contributed by atoms with Crippen LogP contribution < -0.4 is 5.73 Å². The van der Waals surface area contributed by atoms with Gasteiger partial charge in [-0.3, -0.25) is 4.79 Å². The van der Waals surface area contributed by atoms with E-state index in [1.54, 1.807) is 10.7 Å². The second kappa shape index (κ2) is 4.09. The van der Waals surface area contributed by atoms with Gasteiger partial charge < -0.3 is 5.73 Å². The fraction of sp³-hybridized carbons (Fsp3) is 0.0909. The standard InChI is InChI=1S/C11H10BrN3O/c1-7-6-9(11(13)16)14-15(7)10-5-3-2-4-8(10)12/h2-6H,1H3,(H2,13,16). The lowest BCUT2D eigenvalue weighted by Crippen LogP contribution is -2.12. The Labute approximate surface area is 101 Å². The molecule has 1 amide bonds. The monoisotopic (exact) mass is 279 g/mol. The molecule has 0 unspecified atom stereocenters. The normalized spacial score (nSPS) is 10.4. The van der Waals surface area contributed by atoms with Crippen molar-refractivity contribution in [1.82, 2.24) is 9.78 Å². The highest BCUT2D eigenvalue weighted by atomic mass is 79.9. The minimum Gasteiger partial charge on any atom is -0.364 e. The molecule has 0 radical (unpaired) electrons. The van der Waals surface area contributed by atoms with Gasteiger partial charge in [-0.2, -0.15) is 5.10 Å². The third kappa shape index (κ3) is 1.86. The molecule has 0 atom stereocenters. The molecule has 2 rings (SSSR count). The number of hydrogen-bond acceptors (Lipinski definition) is 2. The van der Waals surface area contributed by atoms with E-state index in [0.717, 1.165) is 15.9 Å². The van der Waals surface area contributed by atoms with Crippen molar-refractivity contribution in [3.63, 3.8) is 0 Å². The van der Waals surface area contributed by atoms with Crippen LogP contribution in [0.4, 0.5) is 0 Å². The largest absolute Gasteiger partial charge is 0.364 e. The maximum atomic E-state index is 11.0. The van der Waals surface area contributed by atoms with E-state index in [4.69, 9.17) is 5.73 Å². The minimum absolute atomic E-state index is 0.272. The zero-order valence-electron chi connectivity index (χ0n) is 8.64. The average molecular weight is 280 g/mol. The predicted octanol–water partition coefficient (Wildman–Crippen LogP) is 2.04. The van der Waals surface area contributed by atoms with Gasteiger partial charge in [0.2, 0.25) is 0 Å². The van der Waals surface area contributed by atoms with Gasteiger partial charge in [0.05, 0.1) is 5.69 Å². The molecule has 1 heterocycles. The van der Waals surface area contributed by atoms with Gasteiger partial charge in [0.25, 0.3) is 5.91 Å². The van der Waals surface area contributed by atoms with Gasteiger partial charge in [0, 0.05) is 10.2 Å². The number of carbonyl (C=O) groups excluding carboxylic acids is 1. The minimum atomic E-state index is -0.520. The predicted molar refractivity (Wildman–Crippen MR) is 64.5 cm³/mol. The molecular weight excluding hydrogens is 270 g/mol. The number of aromatic nitrogens is 2. The highest BCUT2D eigenvalue weighted by molar-refractivity contribution is 9.10. The number of hydrogen-bond donors (Lipinski definition) is 1. The van der Waals surface area contributed by atoms with Crippen LogP contribution in [-0.4, -0.2) is 15.7 Å². The van der Waals surface area contributed by atoms with Gasteiger partial charge in [-0.25, -0.2) is 4.68 Å². The Bertz CT molecular complexity index is 548. The van der Waals surface area contributed by atoms with Crippen LogP contribution >= 0.6 is 15.9 Å². The highest BCUT2D eigenvalue weighted by Crippen LogP contribution is 2.21. The molecule has 0 saturated heterocycles. The molecule has 0 aliphatic carbocycles. The first-order valence-corrected chi connectivity index (χ1v) is 5.50. The van der Waals surface area contributed by atoms with Crippen molar-refractivity contribution in [2.75, 3.05) is 0 Å². The van der Waals surface area contributed by atoms with Crippen molar-refractivity contribution in [2.24, 2.45) is 5.73 Å². The first kappa shape index (κ1) is 10.9. The molecule has 1 aromatic carbocycles. The number of amides is 1. The van der Waals surface area contributed by atoms with Crippen LogP contribution in [0.15, 0.2) is 34.8 Å². The summed E-state index contributed by atoms with van der Waals surface area (Å²) in [6.45, 7) is 1.87. The molecule has 0 aliphatic rings. The third-order valence-corrected chi connectivity index (χ3v) is 2.89. The summed E-state index contributed by atoms with van der Waals surface area (Å²) in [6.07, 6.45) is 0. The van der Waals surface area contributed by atoms with Crippen molar-refractivity contribution in [2.45, 2.75) is 6.92 Å². The molecule has 0 saturated carbocycles. The topological polar surface area (TPSA) is 60.9 Å². The molecule has 16 heavy (non-hydrogen) atoms. The van der Waals surface area contributed by atoms with Crippen molar-refractivity contribution in [3.8, 4) is 5.69 Å². The van der Waals surface area contributed by atoms with Gasteiger partial charge in [0.15, 0.2) is 5.69 Å². The Morgan fingerprint density at radius 3 is 2.69 bits per heavy atom. The number of nitrogens with zero attached hydrogens (tertiary/aromatic N) is 2. The summed E-state index contributed by atoms with van der Waals surface area (Å²) in [4.78, 5) is 11.0. The number of nitrogens with two attached hydrogens (primary N) is 1. The van der Waals surface area contributed by atoms with Crippen molar-refractivity contribution in [1.29, 1.82) is 0 Å². The van der Waals surface area contributed by atoms with Gasteiger partial charge >= 0.3 is 0 Å². The van der Waals surface area contributed by atoms with Gasteiger partial charge in [-0.05, 0) is 41.1 Å². The SMILES string of the molecule is Cc1cc(C(N)=O)nn1-c1ccccc1Br. The van der Waals surface area contributed by atoms with Crippen molar-refractivity contribution in [3.05, 3.63) is 46.2 Å². The number of halogens is 1. The Kier molecular flexibility index (Phi) is 2.78. The number of primary amides is 1. The average Bonchev–Trinajstić information content (AvgIpc) is 2.61. The second-order valence-corrected chi connectivity index (χ2v) is 4.25. The van der Waals surface area contributed by atoms with Crippen LogP contribution in [0.2, 0.25) is 0 Å². The van der Waals surface area contributed by atoms with Crippen LogP contribution in [0.25, 0.3) is 5.69 Å². The van der Waals surface area contributed by atoms with E-state index < -0.39 is 5.91 Å². The van der Waals surface area contributed by atoms with E-state index >= 15 is 0 Å². The zero-order chi connectivity index (χ0) is 11.7. The second-order valence-electron chi connectivity index (χ2n) is 3.40. The zero-order valence-corrected chi connectivity index (χ0v) is 10.2. The van der Waals surface area contributed by atoms with Gasteiger partial charge in [0.1, 0.15) is 0 Å². The summed E-state index contributed by atoms with van der Waals surface area (Å²) < 4.78 is 2.60. The molecule has 0 aliphatic heterocycles. The van der Waals surface area contributed by atoms with Crippen LogP contribution in [0.1, 0.15) is 16.2 Å². The quantitative estimate of drug-likeness (QED) is 0.915. The van der Waals surface area contributed by atoms with Crippen LogP contribution in [0, 0.1) is 6.92 Å². The van der Waals surface area contributed by atoms with Gasteiger partial charge in [-0.1, -0.05) is 12.1 Å². The lowest BCUT2D eigenvalue weighted by atomic mass is 10.3. The Hall–Kier alpha value is -1.62. The maximum Gasteiger partial charge on any atom is 0.269 e. The molecule has 0 spiro atoms. The van der Waals surface area contributed by atoms with E-state index in [1.807, 2.05) is 31.2 Å². The first-order valence-electron chi connectivity index (χ1n) is 4.71. The van der Waals surface area contributed by atoms with Crippen molar-refractivity contribution < 1.29 is 4.79 Å². The summed E-state index contributed by atoms with van der Waals surface area (Å²) in [5.41, 5.74) is 7.20. The van der Waals surface area contributed by atoms with E-state index in [0.29, 0.717) is 0 Å². The number of benzene rings is 1. The lowest BCUT2D eigenvalue weighted by molar-refractivity contribution is 0.0995. The molecule has 0 fully saturated rings. The molecule has 2 aromatic rings. The number of aryl methyl sites for hydroxylation is 1. The summed E-state index contributed by atoms with van der Waals surface area (Å²) in [6, 6.07) is 9.32. The molecule has 82 valence electrons. The molecular formula is C11H10BrN3O. The first-order chi connectivity index (χ1) is 7.59. The lowest BCUT2D eigenvalue weighted by Gasteiger charge is -2.05. The molecule has 5 heteroatoms. The van der Waals surface area contributed by atoms with Crippen molar-refractivity contribution >= 4 is 21.8 Å². The van der Waals surface area contributed by atoms with Crippen LogP contribution in [-0.2, 0) is 0 Å². The fourth-order valence-electron chi connectivity index (χ4n) is 1.46. The van der Waals surface area contributed by atoms with E-state index in [9.17, 15) is 4.79 Å². The Balaban J connectivity index is 2.57. The third-order valence-electron chi connectivity index (χ3n) is 2.22. The summed E-state index contributed by atoms with van der Waals surface area (Å²) >= 11 is 3.44. The van der Waals surface area contributed by atoms with E-state index in [2.05, 4.69) is 21.0 Å². The summed E-state index contributed by atoms with van der Waals surface area (Å²) in [5, 5.41) is 4.15. The van der Waals surface area contributed by atoms with Gasteiger partial charge in [-0.15, -0.1) is 0 Å². The molecule has 2 N–H and O–H groups in total. The Morgan fingerprint density at radius 1 is 1.44 bits per heavy atom. The number of rotatable bonds is 2. The molecule has 1 aromatic heterocycles. The fourth-order valence-corrected chi connectivity index (χ4v) is 1.91. The summed E-state index contributed by atoms with van der Waals surface area (Å²) in [7, 11) is 0. The maximum absolute atomic E-state index is 11.0. The highest BCUT2D eigenvalue weighted by Gasteiger charge is 2.11. The van der Waals surface area contributed by atoms with Crippen LogP contribution in [0.5, 0.6) is 0 Å². The molecule has 0 bridgehead atoms. The number of carbonyl (C=O) groups is 1.